The van der Waals surface area contributed by atoms with E-state index >= 15 is 0 Å². The molecule has 0 radical (unpaired) electrons. The Bertz CT molecular complexity index is 1340. The summed E-state index contributed by atoms with van der Waals surface area (Å²) in [4.78, 5) is 15.1. The Morgan fingerprint density at radius 2 is 1.80 bits per heavy atom. The van der Waals surface area contributed by atoms with Crippen LogP contribution >= 0.6 is 34.8 Å². The molecular formula is C26H23Cl3N2O4. The van der Waals surface area contributed by atoms with E-state index in [1.807, 2.05) is 30.5 Å². The zero-order valence-corrected chi connectivity index (χ0v) is 21.0. The molecule has 0 aliphatic rings. The van der Waals surface area contributed by atoms with Crippen molar-refractivity contribution in [1.82, 2.24) is 10.3 Å². The third kappa shape index (κ3) is 5.85. The maximum absolute atomic E-state index is 11.9. The van der Waals surface area contributed by atoms with Crippen LogP contribution in [0.15, 0.2) is 60.8 Å². The van der Waals surface area contributed by atoms with Gasteiger partial charge in [-0.15, -0.1) is 0 Å². The number of aromatic amines is 1. The molecule has 0 aliphatic heterocycles. The minimum atomic E-state index is -0.940. The number of carboxylic acids is 1. The Balaban J connectivity index is 1.47. The highest BCUT2D eigenvalue weighted by Crippen LogP contribution is 2.38. The van der Waals surface area contributed by atoms with E-state index in [0.29, 0.717) is 38.6 Å². The average Bonchev–Trinajstić information content (AvgIpc) is 3.24. The molecule has 35 heavy (non-hydrogen) atoms. The van der Waals surface area contributed by atoms with Crippen molar-refractivity contribution < 1.29 is 19.4 Å². The highest BCUT2D eigenvalue weighted by atomic mass is 35.5. The number of aliphatic carboxylic acids is 1. The Morgan fingerprint density at radius 3 is 2.51 bits per heavy atom. The van der Waals surface area contributed by atoms with Gasteiger partial charge in [0.05, 0.1) is 12.1 Å². The number of benzene rings is 3. The molecule has 182 valence electrons. The second kappa shape index (κ2) is 11.2. The molecule has 3 N–H and O–H groups in total. The lowest BCUT2D eigenvalue weighted by Crippen LogP contribution is -2.38. The summed E-state index contributed by atoms with van der Waals surface area (Å²) < 4.78 is 11.4. The third-order valence-electron chi connectivity index (χ3n) is 5.66. The van der Waals surface area contributed by atoms with Gasteiger partial charge in [0.2, 0.25) is 0 Å². The number of carbonyl (C=O) groups is 1. The normalized spacial score (nSPS) is 12.0. The second-order valence-electron chi connectivity index (χ2n) is 7.93. The number of para-hydroxylation sites is 1. The van der Waals surface area contributed by atoms with Crippen LogP contribution in [0.5, 0.6) is 11.5 Å². The first-order valence-electron chi connectivity index (χ1n) is 10.8. The van der Waals surface area contributed by atoms with Crippen LogP contribution in [-0.2, 0) is 24.4 Å². The molecule has 0 fully saturated rings. The average molecular weight is 534 g/mol. The van der Waals surface area contributed by atoms with Crippen molar-refractivity contribution in [3.8, 4) is 11.5 Å². The van der Waals surface area contributed by atoms with Crippen LogP contribution in [-0.4, -0.2) is 29.2 Å². The smallest absolute Gasteiger partial charge is 0.321 e. The SMILES string of the molecule is COc1cc(CNC(Cc2c[nH]c3ccccc23)C(=O)O)cc(Cl)c1OCc1c(Cl)cccc1Cl. The fourth-order valence-corrected chi connectivity index (χ4v) is 4.63. The zero-order valence-electron chi connectivity index (χ0n) is 18.8. The van der Waals surface area contributed by atoms with Crippen molar-refractivity contribution in [2.75, 3.05) is 7.11 Å². The van der Waals surface area contributed by atoms with Gasteiger partial charge in [0.1, 0.15) is 12.6 Å². The predicted molar refractivity (Wildman–Crippen MR) is 139 cm³/mol. The summed E-state index contributed by atoms with van der Waals surface area (Å²) in [6, 6.07) is 15.7. The van der Waals surface area contributed by atoms with E-state index in [9.17, 15) is 9.90 Å². The fraction of sp³-hybridized carbons (Fsp3) is 0.192. The molecule has 0 spiro atoms. The number of fused-ring (bicyclic) bond motifs is 1. The first-order chi connectivity index (χ1) is 16.9. The molecule has 0 saturated carbocycles. The molecule has 9 heteroatoms. The van der Waals surface area contributed by atoms with E-state index in [4.69, 9.17) is 44.3 Å². The summed E-state index contributed by atoms with van der Waals surface area (Å²) >= 11 is 19.0. The molecule has 1 aromatic heterocycles. The molecule has 1 atom stereocenters. The van der Waals surface area contributed by atoms with Gasteiger partial charge >= 0.3 is 5.97 Å². The van der Waals surface area contributed by atoms with Crippen molar-refractivity contribution in [3.63, 3.8) is 0 Å². The van der Waals surface area contributed by atoms with Crippen LogP contribution in [0.3, 0.4) is 0 Å². The predicted octanol–water partition coefficient (Wildman–Crippen LogP) is 6.50. The number of rotatable bonds is 10. The summed E-state index contributed by atoms with van der Waals surface area (Å²) in [6.07, 6.45) is 2.17. The summed E-state index contributed by atoms with van der Waals surface area (Å²) in [6.45, 7) is 0.379. The van der Waals surface area contributed by atoms with Gasteiger partial charge in [-0.05, 0) is 41.5 Å². The lowest BCUT2D eigenvalue weighted by molar-refractivity contribution is -0.139. The summed E-state index contributed by atoms with van der Waals surface area (Å²) in [7, 11) is 1.51. The minimum Gasteiger partial charge on any atom is -0.493 e. The lowest BCUT2D eigenvalue weighted by Gasteiger charge is -2.17. The van der Waals surface area contributed by atoms with Gasteiger partial charge in [0, 0.05) is 45.7 Å². The molecule has 4 aromatic rings. The Hall–Kier alpha value is -2.90. The van der Waals surface area contributed by atoms with Gasteiger partial charge in [-0.1, -0.05) is 59.1 Å². The standard InChI is InChI=1S/C26H23Cl3N2O4/c1-34-24-10-15(9-21(29)25(24)35-14-18-19(27)6-4-7-20(18)28)12-30-23(26(32)33)11-16-13-31-22-8-3-2-5-17(16)22/h2-10,13,23,30-31H,11-12,14H2,1H3,(H,32,33). The van der Waals surface area contributed by atoms with E-state index < -0.39 is 12.0 Å². The zero-order chi connectivity index (χ0) is 24.9. The first-order valence-corrected chi connectivity index (χ1v) is 11.9. The van der Waals surface area contributed by atoms with Crippen LogP contribution in [0.4, 0.5) is 0 Å². The molecule has 0 aliphatic carbocycles. The van der Waals surface area contributed by atoms with Gasteiger partial charge in [-0.2, -0.15) is 0 Å². The number of aromatic nitrogens is 1. The number of nitrogens with one attached hydrogen (secondary N) is 2. The number of H-pyrrole nitrogens is 1. The van der Waals surface area contributed by atoms with Gasteiger partial charge < -0.3 is 24.9 Å². The molecule has 0 amide bonds. The van der Waals surface area contributed by atoms with Crippen molar-refractivity contribution in [3.05, 3.63) is 92.6 Å². The van der Waals surface area contributed by atoms with E-state index in [-0.39, 0.29) is 13.2 Å². The lowest BCUT2D eigenvalue weighted by atomic mass is 10.0. The Labute approximate surface area is 217 Å². The number of methoxy groups -OCH3 is 1. The number of halogens is 3. The number of carboxylic acid groups (broad SMARTS) is 1. The number of hydrogen-bond acceptors (Lipinski definition) is 4. The highest BCUT2D eigenvalue weighted by molar-refractivity contribution is 6.36. The van der Waals surface area contributed by atoms with Crippen LogP contribution in [0.25, 0.3) is 10.9 Å². The third-order valence-corrected chi connectivity index (χ3v) is 6.65. The van der Waals surface area contributed by atoms with Crippen LogP contribution < -0.4 is 14.8 Å². The quantitative estimate of drug-likeness (QED) is 0.217. The molecule has 6 nitrogen and oxygen atoms in total. The molecule has 0 saturated heterocycles. The summed E-state index contributed by atoms with van der Waals surface area (Å²) in [5.41, 5.74) is 3.29. The van der Waals surface area contributed by atoms with Gasteiger partial charge in [0.25, 0.3) is 0 Å². The monoisotopic (exact) mass is 532 g/mol. The minimum absolute atomic E-state index is 0.109. The van der Waals surface area contributed by atoms with E-state index in [2.05, 4.69) is 10.3 Å². The molecular weight excluding hydrogens is 511 g/mol. The van der Waals surface area contributed by atoms with Gasteiger partial charge in [0.15, 0.2) is 11.5 Å². The van der Waals surface area contributed by atoms with Crippen LogP contribution in [0.1, 0.15) is 16.7 Å². The molecule has 3 aromatic carbocycles. The van der Waals surface area contributed by atoms with Crippen molar-refractivity contribution in [2.24, 2.45) is 0 Å². The van der Waals surface area contributed by atoms with Gasteiger partial charge in [-0.3, -0.25) is 4.79 Å². The van der Waals surface area contributed by atoms with Crippen molar-refractivity contribution >= 4 is 51.7 Å². The number of hydrogen-bond donors (Lipinski definition) is 3. The van der Waals surface area contributed by atoms with Crippen molar-refractivity contribution in [2.45, 2.75) is 25.6 Å². The molecule has 1 unspecified atom stereocenters. The largest absolute Gasteiger partial charge is 0.493 e. The maximum Gasteiger partial charge on any atom is 0.321 e. The van der Waals surface area contributed by atoms with E-state index in [1.165, 1.54) is 7.11 Å². The second-order valence-corrected chi connectivity index (χ2v) is 9.15. The van der Waals surface area contributed by atoms with Crippen molar-refractivity contribution in [1.29, 1.82) is 0 Å². The van der Waals surface area contributed by atoms with E-state index in [1.54, 1.807) is 30.3 Å². The summed E-state index contributed by atoms with van der Waals surface area (Å²) in [5.74, 6) is -0.173. The van der Waals surface area contributed by atoms with Crippen LogP contribution in [0, 0.1) is 0 Å². The Kier molecular flexibility index (Phi) is 8.08. The summed E-state index contributed by atoms with van der Waals surface area (Å²) in [5, 5.41) is 15.2. The van der Waals surface area contributed by atoms with E-state index in [0.717, 1.165) is 22.0 Å². The molecule has 1 heterocycles. The highest BCUT2D eigenvalue weighted by Gasteiger charge is 2.20. The number of ether oxygens (including phenoxy) is 2. The molecule has 4 rings (SSSR count). The van der Waals surface area contributed by atoms with Crippen LogP contribution in [0.2, 0.25) is 15.1 Å². The first kappa shape index (κ1) is 25.2. The Morgan fingerprint density at radius 1 is 1.06 bits per heavy atom. The van der Waals surface area contributed by atoms with Gasteiger partial charge in [-0.25, -0.2) is 0 Å². The molecule has 0 bridgehead atoms. The topological polar surface area (TPSA) is 83.6 Å². The fourth-order valence-electron chi connectivity index (χ4n) is 3.84. The maximum atomic E-state index is 11.9.